The standard InChI is InChI=1S/C23H33N5O2/c1-14-10-16(11-14)27-23-26-13-20-21(28-23)19(15-2-4-17(29)5-3-15)12-25-22(20)30-18-6-8-24-9-7-18/h12-18,24,29H,2-11H2,1H3,(H,26,27,28). The first-order valence-corrected chi connectivity index (χ1v) is 11.6. The topological polar surface area (TPSA) is 92.2 Å². The van der Waals surface area contributed by atoms with Crippen LogP contribution in [0, 0.1) is 5.92 Å². The van der Waals surface area contributed by atoms with Gasteiger partial charge in [0, 0.05) is 24.0 Å². The molecule has 7 heteroatoms. The smallest absolute Gasteiger partial charge is 0.224 e. The Bertz CT molecular complexity index is 871. The molecule has 0 unspecified atom stereocenters. The maximum atomic E-state index is 9.94. The quantitative estimate of drug-likeness (QED) is 0.694. The lowest BCUT2D eigenvalue weighted by molar-refractivity contribution is 0.122. The lowest BCUT2D eigenvalue weighted by Gasteiger charge is -2.33. The lowest BCUT2D eigenvalue weighted by Crippen LogP contribution is -2.34. The summed E-state index contributed by atoms with van der Waals surface area (Å²) in [7, 11) is 0. The van der Waals surface area contributed by atoms with Crippen LogP contribution in [0.4, 0.5) is 5.95 Å². The number of hydrogen-bond donors (Lipinski definition) is 3. The number of rotatable bonds is 5. The van der Waals surface area contributed by atoms with Crippen molar-refractivity contribution >= 4 is 16.9 Å². The van der Waals surface area contributed by atoms with Crippen molar-refractivity contribution in [1.29, 1.82) is 0 Å². The summed E-state index contributed by atoms with van der Waals surface area (Å²) in [5, 5.41) is 17.7. The van der Waals surface area contributed by atoms with E-state index in [1.54, 1.807) is 0 Å². The van der Waals surface area contributed by atoms with E-state index in [-0.39, 0.29) is 12.2 Å². The molecule has 0 atom stereocenters. The molecule has 5 rings (SSSR count). The van der Waals surface area contributed by atoms with Gasteiger partial charge in [-0.05, 0) is 76.3 Å². The molecule has 3 N–H and O–H groups in total. The van der Waals surface area contributed by atoms with Crippen LogP contribution in [-0.4, -0.2) is 51.4 Å². The molecule has 0 radical (unpaired) electrons. The highest BCUT2D eigenvalue weighted by molar-refractivity contribution is 5.86. The molecule has 162 valence electrons. The highest BCUT2D eigenvalue weighted by Crippen LogP contribution is 2.38. The van der Waals surface area contributed by atoms with Crippen molar-refractivity contribution in [2.75, 3.05) is 18.4 Å². The Labute approximate surface area is 178 Å². The second-order valence-corrected chi connectivity index (χ2v) is 9.47. The fraction of sp³-hybridized carbons (Fsp3) is 0.696. The monoisotopic (exact) mass is 411 g/mol. The van der Waals surface area contributed by atoms with Crippen LogP contribution in [0.5, 0.6) is 5.88 Å². The molecule has 2 aromatic heterocycles. The summed E-state index contributed by atoms with van der Waals surface area (Å²) < 4.78 is 6.30. The summed E-state index contributed by atoms with van der Waals surface area (Å²) in [5.41, 5.74) is 2.13. The molecule has 3 aliphatic rings. The molecule has 0 amide bonds. The molecule has 0 aromatic carbocycles. The van der Waals surface area contributed by atoms with Crippen LogP contribution in [0.15, 0.2) is 12.4 Å². The minimum absolute atomic E-state index is 0.171. The number of ether oxygens (including phenoxy) is 1. The normalized spacial score (nSPS) is 30.1. The van der Waals surface area contributed by atoms with Gasteiger partial charge >= 0.3 is 0 Å². The zero-order chi connectivity index (χ0) is 20.5. The van der Waals surface area contributed by atoms with Crippen LogP contribution >= 0.6 is 0 Å². The third-order valence-corrected chi connectivity index (χ3v) is 7.02. The number of anilines is 1. The van der Waals surface area contributed by atoms with Crippen molar-refractivity contribution in [1.82, 2.24) is 20.3 Å². The summed E-state index contributed by atoms with van der Waals surface area (Å²) >= 11 is 0. The second-order valence-electron chi connectivity index (χ2n) is 9.47. The van der Waals surface area contributed by atoms with Gasteiger partial charge in [0.05, 0.1) is 17.0 Å². The maximum absolute atomic E-state index is 9.94. The number of aromatic nitrogens is 3. The van der Waals surface area contributed by atoms with Gasteiger partial charge in [0.2, 0.25) is 11.8 Å². The fourth-order valence-electron chi connectivity index (χ4n) is 5.14. The molecule has 3 heterocycles. The molecule has 1 aliphatic heterocycles. The summed E-state index contributed by atoms with van der Waals surface area (Å²) in [6.45, 7) is 4.25. The van der Waals surface area contributed by atoms with Crippen LogP contribution in [0.2, 0.25) is 0 Å². The largest absolute Gasteiger partial charge is 0.474 e. The zero-order valence-electron chi connectivity index (χ0n) is 17.8. The third-order valence-electron chi connectivity index (χ3n) is 7.02. The van der Waals surface area contributed by atoms with E-state index in [0.29, 0.717) is 23.8 Å². The Kier molecular flexibility index (Phi) is 5.74. The molecule has 30 heavy (non-hydrogen) atoms. The molecule has 2 aromatic rings. The van der Waals surface area contributed by atoms with Gasteiger partial charge in [-0.2, -0.15) is 0 Å². The number of nitrogens with zero attached hydrogens (tertiary/aromatic N) is 3. The zero-order valence-corrected chi connectivity index (χ0v) is 17.8. The summed E-state index contributed by atoms with van der Waals surface area (Å²) in [6, 6.07) is 0.470. The van der Waals surface area contributed by atoms with E-state index in [9.17, 15) is 5.11 Å². The number of hydrogen-bond acceptors (Lipinski definition) is 7. The van der Waals surface area contributed by atoms with Crippen molar-refractivity contribution in [2.45, 2.75) is 82.5 Å². The van der Waals surface area contributed by atoms with Gasteiger partial charge in [-0.15, -0.1) is 0 Å². The summed E-state index contributed by atoms with van der Waals surface area (Å²) in [4.78, 5) is 14.3. The maximum Gasteiger partial charge on any atom is 0.224 e. The van der Waals surface area contributed by atoms with Gasteiger partial charge in [-0.25, -0.2) is 15.0 Å². The van der Waals surface area contributed by atoms with Gasteiger partial charge in [0.1, 0.15) is 6.10 Å². The minimum Gasteiger partial charge on any atom is -0.474 e. The first-order chi connectivity index (χ1) is 14.7. The van der Waals surface area contributed by atoms with E-state index in [1.807, 2.05) is 12.4 Å². The predicted octanol–water partition coefficient (Wildman–Crippen LogP) is 3.38. The van der Waals surface area contributed by atoms with Crippen LogP contribution in [-0.2, 0) is 0 Å². The molecule has 1 saturated heterocycles. The van der Waals surface area contributed by atoms with E-state index in [2.05, 4.69) is 22.5 Å². The Morgan fingerprint density at radius 3 is 2.53 bits per heavy atom. The number of piperidine rings is 1. The van der Waals surface area contributed by atoms with Crippen molar-refractivity contribution in [3.8, 4) is 5.88 Å². The highest BCUT2D eigenvalue weighted by Gasteiger charge is 2.28. The number of aliphatic hydroxyl groups is 1. The highest BCUT2D eigenvalue weighted by atomic mass is 16.5. The van der Waals surface area contributed by atoms with Gasteiger partial charge in [-0.1, -0.05) is 6.92 Å². The molecule has 2 aliphatic carbocycles. The van der Waals surface area contributed by atoms with Crippen LogP contribution in [0.1, 0.15) is 69.8 Å². The molecule has 7 nitrogen and oxygen atoms in total. The molecule has 0 spiro atoms. The van der Waals surface area contributed by atoms with Crippen LogP contribution in [0.3, 0.4) is 0 Å². The molecule has 3 fully saturated rings. The van der Waals surface area contributed by atoms with Gasteiger partial charge in [0.25, 0.3) is 0 Å². The number of nitrogens with one attached hydrogen (secondary N) is 2. The van der Waals surface area contributed by atoms with E-state index in [1.165, 1.54) is 18.4 Å². The summed E-state index contributed by atoms with van der Waals surface area (Å²) in [5.74, 6) is 2.51. The van der Waals surface area contributed by atoms with Crippen molar-refractivity contribution in [2.24, 2.45) is 5.92 Å². The average molecular weight is 412 g/mol. The Morgan fingerprint density at radius 1 is 1.03 bits per heavy atom. The van der Waals surface area contributed by atoms with E-state index in [4.69, 9.17) is 14.7 Å². The SMILES string of the molecule is CC1CC(Nc2ncc3c(OC4CCNCC4)ncc(C4CCC(O)CC4)c3n2)C1. The Morgan fingerprint density at radius 2 is 1.80 bits per heavy atom. The molecule has 0 bridgehead atoms. The Hall–Kier alpha value is -1.99. The van der Waals surface area contributed by atoms with Crippen LogP contribution < -0.4 is 15.4 Å². The number of fused-ring (bicyclic) bond motifs is 1. The molecule has 2 saturated carbocycles. The van der Waals surface area contributed by atoms with Crippen LogP contribution in [0.25, 0.3) is 10.9 Å². The average Bonchev–Trinajstić information content (AvgIpc) is 2.74. The van der Waals surface area contributed by atoms with Crippen molar-refractivity contribution in [3.05, 3.63) is 18.0 Å². The van der Waals surface area contributed by atoms with Gasteiger partial charge in [-0.3, -0.25) is 0 Å². The van der Waals surface area contributed by atoms with E-state index >= 15 is 0 Å². The minimum atomic E-state index is -0.171. The van der Waals surface area contributed by atoms with Gasteiger partial charge in [0.15, 0.2) is 0 Å². The second kappa shape index (κ2) is 8.63. The Balaban J connectivity index is 1.46. The van der Waals surface area contributed by atoms with E-state index < -0.39 is 0 Å². The molecular formula is C23H33N5O2. The van der Waals surface area contributed by atoms with Gasteiger partial charge < -0.3 is 20.5 Å². The fourth-order valence-corrected chi connectivity index (χ4v) is 5.14. The first-order valence-electron chi connectivity index (χ1n) is 11.6. The molecular weight excluding hydrogens is 378 g/mol. The number of pyridine rings is 1. The first kappa shape index (κ1) is 19.9. The van der Waals surface area contributed by atoms with E-state index in [0.717, 1.165) is 68.4 Å². The predicted molar refractivity (Wildman–Crippen MR) is 117 cm³/mol. The third kappa shape index (κ3) is 4.23. The lowest BCUT2D eigenvalue weighted by atomic mass is 9.82. The van der Waals surface area contributed by atoms with Crippen molar-refractivity contribution < 1.29 is 9.84 Å². The van der Waals surface area contributed by atoms with Crippen molar-refractivity contribution in [3.63, 3.8) is 0 Å². The summed E-state index contributed by atoms with van der Waals surface area (Å²) in [6.07, 6.45) is 11.8. The number of aliphatic hydroxyl groups excluding tert-OH is 1.